The van der Waals surface area contributed by atoms with Crippen LogP contribution in [0.3, 0.4) is 0 Å². The molecule has 0 bridgehead atoms. The average molecular weight is 369 g/mol. The van der Waals surface area contributed by atoms with Crippen molar-refractivity contribution in [2.45, 2.75) is 24.8 Å². The summed E-state index contributed by atoms with van der Waals surface area (Å²) in [5, 5.41) is 11.4. The normalized spacial score (nSPS) is 12.6. The number of amides is 1. The smallest absolute Gasteiger partial charge is 0.409 e. The van der Waals surface area contributed by atoms with Crippen LogP contribution in [0.4, 0.5) is 10.5 Å². The lowest BCUT2D eigenvalue weighted by Gasteiger charge is -2.17. The Morgan fingerprint density at radius 3 is 2.54 bits per heavy atom. The molecule has 8 heteroatoms. The Bertz CT molecular complexity index is 868. The van der Waals surface area contributed by atoms with E-state index in [4.69, 9.17) is 16.7 Å². The number of benzene rings is 2. The first kappa shape index (κ1) is 18.3. The molecule has 2 aromatic carbocycles. The minimum Gasteiger partial charge on any atom is -0.465 e. The second kappa shape index (κ2) is 7.21. The van der Waals surface area contributed by atoms with Gasteiger partial charge in [-0.25, -0.2) is 17.9 Å². The molecule has 1 atom stereocenters. The highest BCUT2D eigenvalue weighted by Gasteiger charge is 2.21. The van der Waals surface area contributed by atoms with Crippen molar-refractivity contribution in [1.29, 1.82) is 0 Å². The predicted molar refractivity (Wildman–Crippen MR) is 93.0 cm³/mol. The molecular weight excluding hydrogens is 352 g/mol. The quantitative estimate of drug-likeness (QED) is 0.748. The fourth-order valence-electron chi connectivity index (χ4n) is 2.25. The molecule has 6 nitrogen and oxygen atoms in total. The Balaban J connectivity index is 2.26. The summed E-state index contributed by atoms with van der Waals surface area (Å²) in [7, 11) is -3.77. The van der Waals surface area contributed by atoms with Gasteiger partial charge in [0.05, 0.1) is 4.90 Å². The number of anilines is 1. The number of carboxylic acid groups (broad SMARTS) is 1. The molecule has 0 radical (unpaired) electrons. The highest BCUT2D eigenvalue weighted by molar-refractivity contribution is 7.89. The van der Waals surface area contributed by atoms with Gasteiger partial charge in [-0.2, -0.15) is 0 Å². The molecule has 0 fully saturated rings. The van der Waals surface area contributed by atoms with E-state index in [1.165, 1.54) is 6.07 Å². The molecule has 0 saturated heterocycles. The third-order valence-electron chi connectivity index (χ3n) is 3.48. The van der Waals surface area contributed by atoms with Crippen LogP contribution in [0.1, 0.15) is 24.1 Å². The van der Waals surface area contributed by atoms with Crippen LogP contribution >= 0.6 is 11.6 Å². The van der Waals surface area contributed by atoms with E-state index in [1.54, 1.807) is 50.2 Å². The van der Waals surface area contributed by atoms with Gasteiger partial charge in [0.25, 0.3) is 0 Å². The van der Waals surface area contributed by atoms with Gasteiger partial charge in [0.15, 0.2) is 0 Å². The van der Waals surface area contributed by atoms with Gasteiger partial charge < -0.3 is 5.11 Å². The molecule has 0 aliphatic heterocycles. The lowest BCUT2D eigenvalue weighted by atomic mass is 10.1. The number of hydrogen-bond acceptors (Lipinski definition) is 3. The number of halogens is 1. The molecule has 128 valence electrons. The van der Waals surface area contributed by atoms with Gasteiger partial charge in [0.2, 0.25) is 10.0 Å². The number of rotatable bonds is 5. The van der Waals surface area contributed by atoms with E-state index in [0.29, 0.717) is 21.8 Å². The Kier molecular flexibility index (Phi) is 5.48. The molecule has 24 heavy (non-hydrogen) atoms. The second-order valence-electron chi connectivity index (χ2n) is 5.26. The highest BCUT2D eigenvalue weighted by atomic mass is 35.5. The van der Waals surface area contributed by atoms with Gasteiger partial charge in [0, 0.05) is 16.8 Å². The van der Waals surface area contributed by atoms with Crippen LogP contribution in [0.25, 0.3) is 0 Å². The maximum absolute atomic E-state index is 12.6. The summed E-state index contributed by atoms with van der Waals surface area (Å²) in [6.07, 6.45) is -1.19. The zero-order valence-electron chi connectivity index (χ0n) is 13.1. The van der Waals surface area contributed by atoms with Gasteiger partial charge in [-0.1, -0.05) is 29.8 Å². The number of nitrogens with one attached hydrogen (secondary N) is 2. The maximum atomic E-state index is 12.6. The zero-order chi connectivity index (χ0) is 17.9. The van der Waals surface area contributed by atoms with Crippen molar-refractivity contribution in [1.82, 2.24) is 4.72 Å². The summed E-state index contributed by atoms with van der Waals surface area (Å²) in [6.45, 7) is 3.32. The summed E-state index contributed by atoms with van der Waals surface area (Å²) in [5.74, 6) is 0. The highest BCUT2D eigenvalue weighted by Crippen LogP contribution is 2.25. The lowest BCUT2D eigenvalue weighted by molar-refractivity contribution is 0.209. The van der Waals surface area contributed by atoms with Gasteiger partial charge in [-0.3, -0.25) is 5.32 Å². The molecule has 0 aliphatic carbocycles. The lowest BCUT2D eigenvalue weighted by Crippen LogP contribution is -2.27. The summed E-state index contributed by atoms with van der Waals surface area (Å²) in [6, 6.07) is 10.7. The van der Waals surface area contributed by atoms with Crippen molar-refractivity contribution in [3.05, 3.63) is 58.6 Å². The largest absolute Gasteiger partial charge is 0.465 e. The average Bonchev–Trinajstić information content (AvgIpc) is 2.49. The predicted octanol–water partition coefficient (Wildman–Crippen LogP) is 3.78. The molecule has 0 aliphatic rings. The monoisotopic (exact) mass is 368 g/mol. The molecular formula is C16H17ClN2O4S. The van der Waals surface area contributed by atoms with Crippen molar-refractivity contribution in [3.8, 4) is 0 Å². The number of carbonyl (C=O) groups is 1. The van der Waals surface area contributed by atoms with Crippen LogP contribution < -0.4 is 10.0 Å². The SMILES string of the molecule is Cc1c(Cl)cccc1S(=O)(=O)NC(C)c1cccc(NC(=O)O)c1. The molecule has 1 amide bonds. The third-order valence-corrected chi connectivity index (χ3v) is 5.57. The first-order chi connectivity index (χ1) is 11.2. The summed E-state index contributed by atoms with van der Waals surface area (Å²) < 4.78 is 27.7. The van der Waals surface area contributed by atoms with Gasteiger partial charge in [-0.15, -0.1) is 0 Å². The Morgan fingerprint density at radius 2 is 1.88 bits per heavy atom. The number of sulfonamides is 1. The Labute approximate surface area is 145 Å². The minimum atomic E-state index is -3.77. The molecule has 3 N–H and O–H groups in total. The zero-order valence-corrected chi connectivity index (χ0v) is 14.6. The van der Waals surface area contributed by atoms with E-state index in [9.17, 15) is 13.2 Å². The summed E-state index contributed by atoms with van der Waals surface area (Å²) in [4.78, 5) is 10.8. The van der Waals surface area contributed by atoms with Crippen LogP contribution in [0.5, 0.6) is 0 Å². The first-order valence-corrected chi connectivity index (χ1v) is 8.94. The fourth-order valence-corrected chi connectivity index (χ4v) is 3.98. The van der Waals surface area contributed by atoms with E-state index in [1.807, 2.05) is 0 Å². The molecule has 2 aromatic rings. The van der Waals surface area contributed by atoms with E-state index < -0.39 is 22.2 Å². The van der Waals surface area contributed by atoms with Crippen molar-refractivity contribution >= 4 is 33.4 Å². The molecule has 0 saturated carbocycles. The third kappa shape index (κ3) is 4.25. The van der Waals surface area contributed by atoms with E-state index >= 15 is 0 Å². The van der Waals surface area contributed by atoms with Crippen LogP contribution in [0.2, 0.25) is 5.02 Å². The molecule has 1 unspecified atom stereocenters. The van der Waals surface area contributed by atoms with Gasteiger partial charge in [0.1, 0.15) is 0 Å². The topological polar surface area (TPSA) is 95.5 Å². The van der Waals surface area contributed by atoms with Crippen molar-refractivity contribution in [3.63, 3.8) is 0 Å². The van der Waals surface area contributed by atoms with Crippen LogP contribution in [-0.2, 0) is 10.0 Å². The van der Waals surface area contributed by atoms with Crippen LogP contribution in [0.15, 0.2) is 47.4 Å². The van der Waals surface area contributed by atoms with Gasteiger partial charge >= 0.3 is 6.09 Å². The first-order valence-electron chi connectivity index (χ1n) is 7.08. The summed E-state index contributed by atoms with van der Waals surface area (Å²) in [5.41, 5.74) is 1.47. The van der Waals surface area contributed by atoms with E-state index in [-0.39, 0.29) is 4.90 Å². The molecule has 2 rings (SSSR count). The summed E-state index contributed by atoms with van der Waals surface area (Å²) >= 11 is 5.99. The Hall–Kier alpha value is -2.09. The van der Waals surface area contributed by atoms with E-state index in [2.05, 4.69) is 10.0 Å². The maximum Gasteiger partial charge on any atom is 0.409 e. The van der Waals surface area contributed by atoms with Crippen LogP contribution in [-0.4, -0.2) is 19.6 Å². The molecule has 0 spiro atoms. The second-order valence-corrected chi connectivity index (χ2v) is 7.35. The van der Waals surface area contributed by atoms with Crippen molar-refractivity contribution < 1.29 is 18.3 Å². The minimum absolute atomic E-state index is 0.113. The Morgan fingerprint density at radius 1 is 1.21 bits per heavy atom. The number of hydrogen-bond donors (Lipinski definition) is 3. The van der Waals surface area contributed by atoms with Crippen molar-refractivity contribution in [2.24, 2.45) is 0 Å². The molecule has 0 aromatic heterocycles. The van der Waals surface area contributed by atoms with Crippen LogP contribution in [0, 0.1) is 6.92 Å². The standard InChI is InChI=1S/C16H17ClN2O4S/c1-10-14(17)7-4-8-15(10)24(22,23)19-11(2)12-5-3-6-13(9-12)18-16(20)21/h3-9,11,18-19H,1-2H3,(H,20,21). The van der Waals surface area contributed by atoms with Crippen molar-refractivity contribution in [2.75, 3.05) is 5.32 Å². The van der Waals surface area contributed by atoms with E-state index in [0.717, 1.165) is 0 Å². The molecule has 0 heterocycles. The van der Waals surface area contributed by atoms with Gasteiger partial charge in [-0.05, 0) is 49.2 Å². The fraction of sp³-hybridized carbons (Fsp3) is 0.188.